The van der Waals surface area contributed by atoms with Gasteiger partial charge in [-0.15, -0.1) is 0 Å². The van der Waals surface area contributed by atoms with Crippen molar-refractivity contribution in [1.29, 1.82) is 0 Å². The van der Waals surface area contributed by atoms with E-state index in [-0.39, 0.29) is 11.9 Å². The SMILES string of the molecule is CCC(C)NC(=O)c1ccnc(N)c1. The number of anilines is 1. The van der Waals surface area contributed by atoms with Crippen LogP contribution in [0.15, 0.2) is 18.3 Å². The second-order valence-corrected chi connectivity index (χ2v) is 3.25. The van der Waals surface area contributed by atoms with Crippen LogP contribution in [-0.2, 0) is 0 Å². The number of nitrogens with zero attached hydrogens (tertiary/aromatic N) is 1. The van der Waals surface area contributed by atoms with Crippen LogP contribution in [-0.4, -0.2) is 16.9 Å². The summed E-state index contributed by atoms with van der Waals surface area (Å²) in [6.45, 7) is 3.98. The average molecular weight is 193 g/mol. The van der Waals surface area contributed by atoms with Crippen LogP contribution < -0.4 is 11.1 Å². The van der Waals surface area contributed by atoms with E-state index in [0.717, 1.165) is 6.42 Å². The Kier molecular flexibility index (Phi) is 3.45. The molecule has 0 aliphatic carbocycles. The van der Waals surface area contributed by atoms with Gasteiger partial charge in [0, 0.05) is 17.8 Å². The van der Waals surface area contributed by atoms with Crippen LogP contribution in [0.2, 0.25) is 0 Å². The average Bonchev–Trinajstić information content (AvgIpc) is 2.17. The summed E-state index contributed by atoms with van der Waals surface area (Å²) in [6, 6.07) is 3.39. The highest BCUT2D eigenvalue weighted by atomic mass is 16.1. The van der Waals surface area contributed by atoms with E-state index >= 15 is 0 Å². The van der Waals surface area contributed by atoms with Gasteiger partial charge < -0.3 is 11.1 Å². The Morgan fingerprint density at radius 1 is 1.71 bits per heavy atom. The molecule has 0 fully saturated rings. The zero-order chi connectivity index (χ0) is 10.6. The minimum absolute atomic E-state index is 0.103. The first-order valence-corrected chi connectivity index (χ1v) is 4.66. The third kappa shape index (κ3) is 2.73. The van der Waals surface area contributed by atoms with Crippen molar-refractivity contribution in [3.05, 3.63) is 23.9 Å². The molecule has 3 N–H and O–H groups in total. The van der Waals surface area contributed by atoms with E-state index in [1.54, 1.807) is 12.1 Å². The van der Waals surface area contributed by atoms with Crippen molar-refractivity contribution in [2.45, 2.75) is 26.3 Å². The molecule has 4 nitrogen and oxygen atoms in total. The maximum atomic E-state index is 11.6. The molecule has 1 rings (SSSR count). The second kappa shape index (κ2) is 4.60. The largest absolute Gasteiger partial charge is 0.384 e. The van der Waals surface area contributed by atoms with Crippen molar-refractivity contribution in [1.82, 2.24) is 10.3 Å². The Labute approximate surface area is 83.5 Å². The molecule has 76 valence electrons. The van der Waals surface area contributed by atoms with Crippen LogP contribution in [0.3, 0.4) is 0 Å². The Balaban J connectivity index is 2.70. The van der Waals surface area contributed by atoms with E-state index in [4.69, 9.17) is 5.73 Å². The number of aromatic nitrogens is 1. The minimum Gasteiger partial charge on any atom is -0.384 e. The van der Waals surface area contributed by atoms with Crippen molar-refractivity contribution < 1.29 is 4.79 Å². The quantitative estimate of drug-likeness (QED) is 0.757. The molecule has 0 saturated heterocycles. The van der Waals surface area contributed by atoms with Gasteiger partial charge in [0.1, 0.15) is 5.82 Å². The van der Waals surface area contributed by atoms with Gasteiger partial charge in [0.2, 0.25) is 0 Å². The number of rotatable bonds is 3. The number of nitrogens with one attached hydrogen (secondary N) is 1. The molecular formula is C10H15N3O. The molecule has 1 unspecified atom stereocenters. The Morgan fingerprint density at radius 3 is 3.00 bits per heavy atom. The molecule has 14 heavy (non-hydrogen) atoms. The maximum absolute atomic E-state index is 11.6. The second-order valence-electron chi connectivity index (χ2n) is 3.25. The summed E-state index contributed by atoms with van der Waals surface area (Å²) < 4.78 is 0. The number of carbonyl (C=O) groups is 1. The van der Waals surface area contributed by atoms with Crippen molar-refractivity contribution in [3.63, 3.8) is 0 Å². The van der Waals surface area contributed by atoms with Crippen LogP contribution in [0.25, 0.3) is 0 Å². The lowest BCUT2D eigenvalue weighted by Gasteiger charge is -2.11. The van der Waals surface area contributed by atoms with Crippen LogP contribution in [0.1, 0.15) is 30.6 Å². The molecule has 0 saturated carbocycles. The summed E-state index contributed by atoms with van der Waals surface area (Å²) in [5.41, 5.74) is 6.02. The highest BCUT2D eigenvalue weighted by Crippen LogP contribution is 2.03. The van der Waals surface area contributed by atoms with Crippen LogP contribution in [0, 0.1) is 0 Å². The summed E-state index contributed by atoms with van der Waals surface area (Å²) in [5, 5.41) is 2.85. The Morgan fingerprint density at radius 2 is 2.43 bits per heavy atom. The van der Waals surface area contributed by atoms with Crippen LogP contribution >= 0.6 is 0 Å². The molecule has 0 bridgehead atoms. The topological polar surface area (TPSA) is 68.0 Å². The van der Waals surface area contributed by atoms with Gasteiger partial charge in [0.15, 0.2) is 0 Å². The molecule has 1 atom stereocenters. The fraction of sp³-hybridized carbons (Fsp3) is 0.400. The monoisotopic (exact) mass is 193 g/mol. The van der Waals surface area contributed by atoms with Gasteiger partial charge in [0.05, 0.1) is 0 Å². The fourth-order valence-electron chi connectivity index (χ4n) is 0.999. The predicted molar refractivity (Wildman–Crippen MR) is 55.9 cm³/mol. The lowest BCUT2D eigenvalue weighted by molar-refractivity contribution is 0.0939. The minimum atomic E-state index is -0.103. The molecule has 0 spiro atoms. The molecule has 1 aromatic heterocycles. The molecule has 1 heterocycles. The zero-order valence-electron chi connectivity index (χ0n) is 8.45. The first-order chi connectivity index (χ1) is 6.63. The van der Waals surface area contributed by atoms with E-state index in [9.17, 15) is 4.79 Å². The number of hydrogen-bond acceptors (Lipinski definition) is 3. The molecule has 0 aromatic carbocycles. The Bertz CT molecular complexity index is 325. The number of amides is 1. The number of nitrogens with two attached hydrogens (primary N) is 1. The molecule has 1 amide bonds. The lowest BCUT2D eigenvalue weighted by Crippen LogP contribution is -2.31. The van der Waals surface area contributed by atoms with E-state index in [0.29, 0.717) is 11.4 Å². The summed E-state index contributed by atoms with van der Waals surface area (Å²) in [5.74, 6) is 0.259. The fourth-order valence-corrected chi connectivity index (χ4v) is 0.999. The highest BCUT2D eigenvalue weighted by Gasteiger charge is 2.08. The van der Waals surface area contributed by atoms with Gasteiger partial charge in [0.25, 0.3) is 5.91 Å². The van der Waals surface area contributed by atoms with Crippen molar-refractivity contribution >= 4 is 11.7 Å². The van der Waals surface area contributed by atoms with Gasteiger partial charge in [-0.05, 0) is 25.5 Å². The normalized spacial score (nSPS) is 12.1. The van der Waals surface area contributed by atoms with Gasteiger partial charge >= 0.3 is 0 Å². The molecule has 4 heteroatoms. The number of nitrogen functional groups attached to an aromatic ring is 1. The summed E-state index contributed by atoms with van der Waals surface area (Å²) >= 11 is 0. The maximum Gasteiger partial charge on any atom is 0.251 e. The first kappa shape index (κ1) is 10.5. The van der Waals surface area contributed by atoms with Gasteiger partial charge in [-0.25, -0.2) is 4.98 Å². The third-order valence-corrected chi connectivity index (χ3v) is 2.03. The molecule has 0 aliphatic heterocycles. The van der Waals surface area contributed by atoms with Crippen molar-refractivity contribution in [3.8, 4) is 0 Å². The molecule has 1 aromatic rings. The van der Waals surface area contributed by atoms with Crippen LogP contribution in [0.5, 0.6) is 0 Å². The van der Waals surface area contributed by atoms with Gasteiger partial charge in [-0.2, -0.15) is 0 Å². The summed E-state index contributed by atoms with van der Waals surface area (Å²) in [6.07, 6.45) is 2.44. The van der Waals surface area contributed by atoms with Gasteiger partial charge in [-0.3, -0.25) is 4.79 Å². The van der Waals surface area contributed by atoms with E-state index in [1.807, 2.05) is 13.8 Å². The zero-order valence-corrected chi connectivity index (χ0v) is 8.45. The van der Waals surface area contributed by atoms with Crippen molar-refractivity contribution in [2.24, 2.45) is 0 Å². The number of hydrogen-bond donors (Lipinski definition) is 2. The lowest BCUT2D eigenvalue weighted by atomic mass is 10.2. The van der Waals surface area contributed by atoms with Crippen LogP contribution in [0.4, 0.5) is 5.82 Å². The van der Waals surface area contributed by atoms with E-state index in [2.05, 4.69) is 10.3 Å². The predicted octanol–water partition coefficient (Wildman–Crippen LogP) is 1.19. The smallest absolute Gasteiger partial charge is 0.251 e. The standard InChI is InChI=1S/C10H15N3O/c1-3-7(2)13-10(14)8-4-5-12-9(11)6-8/h4-7H,3H2,1-2H3,(H2,11,12)(H,13,14). The van der Waals surface area contributed by atoms with Gasteiger partial charge in [-0.1, -0.05) is 6.92 Å². The summed E-state index contributed by atoms with van der Waals surface area (Å²) in [4.78, 5) is 15.4. The number of carbonyl (C=O) groups excluding carboxylic acids is 1. The molecular weight excluding hydrogens is 178 g/mol. The number of pyridine rings is 1. The third-order valence-electron chi connectivity index (χ3n) is 2.03. The van der Waals surface area contributed by atoms with E-state index < -0.39 is 0 Å². The molecule has 0 radical (unpaired) electrons. The summed E-state index contributed by atoms with van der Waals surface area (Å²) in [7, 11) is 0. The van der Waals surface area contributed by atoms with E-state index in [1.165, 1.54) is 6.20 Å². The first-order valence-electron chi connectivity index (χ1n) is 4.66. The van der Waals surface area contributed by atoms with Crippen molar-refractivity contribution in [2.75, 3.05) is 5.73 Å². The molecule has 0 aliphatic rings. The Hall–Kier alpha value is -1.58. The highest BCUT2D eigenvalue weighted by molar-refractivity contribution is 5.94.